The van der Waals surface area contributed by atoms with Gasteiger partial charge in [0.25, 0.3) is 15.9 Å². The van der Waals surface area contributed by atoms with Crippen molar-refractivity contribution in [3.8, 4) is 0 Å². The monoisotopic (exact) mass is 446 g/mol. The number of benzene rings is 3. The molecule has 0 atom stereocenters. The van der Waals surface area contributed by atoms with Crippen molar-refractivity contribution in [2.75, 3.05) is 16.3 Å². The van der Waals surface area contributed by atoms with E-state index in [1.54, 1.807) is 42.1 Å². The maximum Gasteiger partial charge on any atom is 0.263 e. The molecule has 150 valence electrons. The highest BCUT2D eigenvalue weighted by Crippen LogP contribution is 2.26. The standard InChI is InChI=1S/C21H19ClN2O3S2/c1-14-6-9-16(10-7-14)24-29(26,27)20-12-15(8-11-19(20)22)21(25)23-17-4-3-5-18(13-17)28-2/h3-13,24H,1-2H3,(H,23,25). The Hall–Kier alpha value is -2.48. The SMILES string of the molecule is CSc1cccc(NC(=O)c2ccc(Cl)c(S(=O)(=O)Nc3ccc(C)cc3)c2)c1. The van der Waals surface area contributed by atoms with Gasteiger partial charge in [-0.15, -0.1) is 11.8 Å². The molecule has 0 unspecified atom stereocenters. The Labute approximate surface area is 179 Å². The molecule has 0 aromatic heterocycles. The Kier molecular flexibility index (Phi) is 6.52. The second-order valence-corrected chi connectivity index (χ2v) is 9.24. The van der Waals surface area contributed by atoms with Gasteiger partial charge in [-0.3, -0.25) is 9.52 Å². The number of anilines is 2. The summed E-state index contributed by atoms with van der Waals surface area (Å²) >= 11 is 7.68. The number of hydrogen-bond acceptors (Lipinski definition) is 4. The molecule has 1 amide bonds. The van der Waals surface area contributed by atoms with Gasteiger partial charge in [-0.2, -0.15) is 0 Å². The number of sulfonamides is 1. The van der Waals surface area contributed by atoms with E-state index in [1.165, 1.54) is 18.2 Å². The Bertz CT molecular complexity index is 1150. The lowest BCUT2D eigenvalue weighted by molar-refractivity contribution is 0.102. The van der Waals surface area contributed by atoms with Gasteiger partial charge in [0.2, 0.25) is 0 Å². The smallest absolute Gasteiger partial charge is 0.263 e. The Morgan fingerprint density at radius 1 is 0.966 bits per heavy atom. The van der Waals surface area contributed by atoms with Crippen LogP contribution in [0, 0.1) is 6.92 Å². The van der Waals surface area contributed by atoms with Crippen LogP contribution in [0.1, 0.15) is 15.9 Å². The number of halogens is 1. The summed E-state index contributed by atoms with van der Waals surface area (Å²) in [5.74, 6) is -0.424. The number of hydrogen-bond donors (Lipinski definition) is 2. The first kappa shape index (κ1) is 21.2. The zero-order valence-electron chi connectivity index (χ0n) is 15.8. The third-order valence-electron chi connectivity index (χ3n) is 4.11. The molecular weight excluding hydrogens is 428 g/mol. The topological polar surface area (TPSA) is 75.3 Å². The van der Waals surface area contributed by atoms with Crippen molar-refractivity contribution < 1.29 is 13.2 Å². The summed E-state index contributed by atoms with van der Waals surface area (Å²) < 4.78 is 28.1. The Morgan fingerprint density at radius 2 is 1.69 bits per heavy atom. The van der Waals surface area contributed by atoms with Crippen LogP contribution < -0.4 is 10.0 Å². The first-order chi connectivity index (χ1) is 13.8. The van der Waals surface area contributed by atoms with Crippen LogP contribution in [0.3, 0.4) is 0 Å². The molecule has 0 fully saturated rings. The lowest BCUT2D eigenvalue weighted by Crippen LogP contribution is -2.16. The minimum Gasteiger partial charge on any atom is -0.322 e. The fourth-order valence-electron chi connectivity index (χ4n) is 2.59. The predicted octanol–water partition coefficient (Wildman–Crippen LogP) is 5.42. The number of carbonyl (C=O) groups is 1. The van der Waals surface area contributed by atoms with E-state index in [2.05, 4.69) is 10.0 Å². The van der Waals surface area contributed by atoms with Gasteiger partial charge in [0.1, 0.15) is 4.90 Å². The average molecular weight is 447 g/mol. The molecule has 0 saturated heterocycles. The van der Waals surface area contributed by atoms with E-state index < -0.39 is 15.9 Å². The zero-order valence-corrected chi connectivity index (χ0v) is 18.2. The van der Waals surface area contributed by atoms with E-state index in [4.69, 9.17) is 11.6 Å². The number of amides is 1. The van der Waals surface area contributed by atoms with E-state index in [9.17, 15) is 13.2 Å². The third-order valence-corrected chi connectivity index (χ3v) is 6.70. The highest BCUT2D eigenvalue weighted by Gasteiger charge is 2.20. The molecule has 0 saturated carbocycles. The fraction of sp³-hybridized carbons (Fsp3) is 0.0952. The zero-order chi connectivity index (χ0) is 21.0. The molecule has 0 heterocycles. The second-order valence-electron chi connectivity index (χ2n) is 6.30. The summed E-state index contributed by atoms with van der Waals surface area (Å²) in [5.41, 5.74) is 2.23. The molecular formula is C21H19ClN2O3S2. The highest BCUT2D eigenvalue weighted by molar-refractivity contribution is 7.98. The molecule has 5 nitrogen and oxygen atoms in total. The molecule has 0 aliphatic carbocycles. The van der Waals surface area contributed by atoms with Gasteiger partial charge in [0.05, 0.1) is 5.02 Å². The number of rotatable bonds is 6. The lowest BCUT2D eigenvalue weighted by Gasteiger charge is -2.12. The van der Waals surface area contributed by atoms with E-state index >= 15 is 0 Å². The molecule has 3 aromatic rings. The van der Waals surface area contributed by atoms with Crippen LogP contribution in [0.4, 0.5) is 11.4 Å². The van der Waals surface area contributed by atoms with Crippen molar-refractivity contribution in [3.05, 3.63) is 82.9 Å². The number of nitrogens with one attached hydrogen (secondary N) is 2. The van der Waals surface area contributed by atoms with Gasteiger partial charge in [-0.05, 0) is 61.7 Å². The van der Waals surface area contributed by atoms with Crippen LogP contribution in [0.25, 0.3) is 0 Å². The van der Waals surface area contributed by atoms with E-state index in [0.29, 0.717) is 11.4 Å². The van der Waals surface area contributed by atoms with E-state index in [1.807, 2.05) is 31.4 Å². The predicted molar refractivity (Wildman–Crippen MR) is 120 cm³/mol. The van der Waals surface area contributed by atoms with Crippen LogP contribution in [0.15, 0.2) is 76.5 Å². The minimum atomic E-state index is -3.96. The van der Waals surface area contributed by atoms with Crippen molar-refractivity contribution in [2.45, 2.75) is 16.7 Å². The molecule has 2 N–H and O–H groups in total. The first-order valence-corrected chi connectivity index (χ1v) is 11.7. The van der Waals surface area contributed by atoms with Crippen molar-refractivity contribution in [1.82, 2.24) is 0 Å². The molecule has 0 aliphatic rings. The maximum absolute atomic E-state index is 12.8. The van der Waals surface area contributed by atoms with Crippen LogP contribution >= 0.6 is 23.4 Å². The van der Waals surface area contributed by atoms with Gasteiger partial charge in [0, 0.05) is 21.8 Å². The van der Waals surface area contributed by atoms with Gasteiger partial charge in [-0.25, -0.2) is 8.42 Å². The molecule has 3 aromatic carbocycles. The summed E-state index contributed by atoms with van der Waals surface area (Å²) in [5, 5.41) is 2.81. The second kappa shape index (κ2) is 8.90. The van der Waals surface area contributed by atoms with E-state index in [0.717, 1.165) is 10.5 Å². The highest BCUT2D eigenvalue weighted by atomic mass is 35.5. The molecule has 29 heavy (non-hydrogen) atoms. The molecule has 0 bridgehead atoms. The molecule has 0 aliphatic heterocycles. The minimum absolute atomic E-state index is 0.0329. The number of thioether (sulfide) groups is 1. The normalized spacial score (nSPS) is 11.1. The average Bonchev–Trinajstić information content (AvgIpc) is 2.70. The van der Waals surface area contributed by atoms with Gasteiger partial charge in [-0.1, -0.05) is 35.4 Å². The largest absolute Gasteiger partial charge is 0.322 e. The molecule has 3 rings (SSSR count). The molecule has 8 heteroatoms. The van der Waals surface area contributed by atoms with Gasteiger partial charge < -0.3 is 5.32 Å². The third kappa shape index (κ3) is 5.32. The van der Waals surface area contributed by atoms with Crippen molar-refractivity contribution in [2.24, 2.45) is 0 Å². The van der Waals surface area contributed by atoms with Gasteiger partial charge in [0.15, 0.2) is 0 Å². The van der Waals surface area contributed by atoms with Crippen molar-refractivity contribution >= 4 is 50.7 Å². The summed E-state index contributed by atoms with van der Waals surface area (Å²) in [6, 6.07) is 18.5. The fourth-order valence-corrected chi connectivity index (χ4v) is 4.63. The summed E-state index contributed by atoms with van der Waals surface area (Å²) in [4.78, 5) is 13.5. The van der Waals surface area contributed by atoms with E-state index in [-0.39, 0.29) is 15.5 Å². The Balaban J connectivity index is 1.86. The van der Waals surface area contributed by atoms with Crippen LogP contribution in [0.2, 0.25) is 5.02 Å². The van der Waals surface area contributed by atoms with Crippen molar-refractivity contribution in [1.29, 1.82) is 0 Å². The number of aryl methyl sites for hydroxylation is 1. The number of carbonyl (C=O) groups excluding carboxylic acids is 1. The maximum atomic E-state index is 12.8. The molecule has 0 radical (unpaired) electrons. The van der Waals surface area contributed by atoms with Crippen molar-refractivity contribution in [3.63, 3.8) is 0 Å². The quantitative estimate of drug-likeness (QED) is 0.495. The summed E-state index contributed by atoms with van der Waals surface area (Å²) in [6.07, 6.45) is 1.94. The van der Waals surface area contributed by atoms with Crippen LogP contribution in [-0.4, -0.2) is 20.6 Å². The molecule has 0 spiro atoms. The Morgan fingerprint density at radius 3 is 2.38 bits per heavy atom. The lowest BCUT2D eigenvalue weighted by atomic mass is 10.2. The van der Waals surface area contributed by atoms with Crippen LogP contribution in [-0.2, 0) is 10.0 Å². The first-order valence-electron chi connectivity index (χ1n) is 8.63. The van der Waals surface area contributed by atoms with Gasteiger partial charge >= 0.3 is 0 Å². The van der Waals surface area contributed by atoms with Crippen LogP contribution in [0.5, 0.6) is 0 Å². The summed E-state index contributed by atoms with van der Waals surface area (Å²) in [6.45, 7) is 1.91. The summed E-state index contributed by atoms with van der Waals surface area (Å²) in [7, 11) is -3.96.